The lowest BCUT2D eigenvalue weighted by molar-refractivity contribution is -0.385. The number of carbonyl (C=O) groups is 5. The third-order valence-corrected chi connectivity index (χ3v) is 18.8. The molecule has 129 heavy (non-hydrogen) atoms. The Labute approximate surface area is 755 Å². The van der Waals surface area contributed by atoms with E-state index in [0.29, 0.717) is 77.2 Å². The fraction of sp³-hybridized carbons (Fsp3) is 0.132. The molecular formula is C91H96Cl2N16O18S2. The van der Waals surface area contributed by atoms with Gasteiger partial charge in [-0.1, -0.05) is 128 Å². The number of aliphatic hydroxyl groups excluding tert-OH is 1. The fourth-order valence-corrected chi connectivity index (χ4v) is 12.4. The monoisotopic (exact) mass is 1830 g/mol. The van der Waals surface area contributed by atoms with E-state index in [1.165, 1.54) is 60.7 Å². The van der Waals surface area contributed by atoms with Gasteiger partial charge in [0, 0.05) is 170 Å². The quantitative estimate of drug-likeness (QED) is 0.00710. The van der Waals surface area contributed by atoms with Crippen molar-refractivity contribution in [1.29, 1.82) is 0 Å². The second-order valence-corrected chi connectivity index (χ2v) is 31.4. The van der Waals surface area contributed by atoms with Crippen LogP contribution in [-0.2, 0) is 73.5 Å². The molecule has 4 heterocycles. The summed E-state index contributed by atoms with van der Waals surface area (Å²) in [7, 11) is -0.619. The third kappa shape index (κ3) is 47.3. The summed E-state index contributed by atoms with van der Waals surface area (Å²) in [6, 6.07) is 76.9. The van der Waals surface area contributed by atoms with Crippen LogP contribution in [0.15, 0.2) is 329 Å². The maximum atomic E-state index is 12.5. The van der Waals surface area contributed by atoms with E-state index in [1.807, 2.05) is 98.8 Å². The first-order valence-electron chi connectivity index (χ1n) is 38.0. The van der Waals surface area contributed by atoms with E-state index < -0.39 is 45.1 Å². The minimum atomic E-state index is -3.42. The van der Waals surface area contributed by atoms with Crippen LogP contribution in [0.5, 0.6) is 11.5 Å². The maximum Gasteiger partial charge on any atom is 0.409 e. The minimum Gasteiger partial charge on any atom is -0.426 e. The number of nitrogen functional groups attached to an aromatic ring is 2. The number of benzene rings is 9. The van der Waals surface area contributed by atoms with Crippen molar-refractivity contribution >= 4 is 116 Å². The van der Waals surface area contributed by atoms with Gasteiger partial charge in [-0.3, -0.25) is 55.1 Å². The summed E-state index contributed by atoms with van der Waals surface area (Å²) in [5.74, 6) is 0.395. The highest BCUT2D eigenvalue weighted by Gasteiger charge is 2.16. The lowest BCUT2D eigenvalue weighted by atomic mass is 10.1. The smallest absolute Gasteiger partial charge is 0.409 e. The van der Waals surface area contributed by atoms with Gasteiger partial charge in [-0.25, -0.2) is 36.0 Å². The van der Waals surface area contributed by atoms with Gasteiger partial charge in [-0.2, -0.15) is 0 Å². The van der Waals surface area contributed by atoms with Crippen molar-refractivity contribution in [1.82, 2.24) is 35.9 Å². The molecule has 38 heteroatoms. The van der Waals surface area contributed by atoms with E-state index in [0.717, 1.165) is 51.6 Å². The number of aryl methyl sites for hydroxylation is 2. The molecule has 6 amide bonds. The number of urea groups is 3. The Morgan fingerprint density at radius 3 is 0.961 bits per heavy atom. The molecule has 4 aromatic heterocycles. The molecule has 34 nitrogen and oxygen atoms in total. The van der Waals surface area contributed by atoms with Gasteiger partial charge in [0.2, 0.25) is 9.05 Å². The number of nitro benzene ring substituents is 3. The van der Waals surface area contributed by atoms with E-state index in [-0.39, 0.29) is 66.3 Å². The molecule has 0 spiro atoms. The molecule has 13 aromatic rings. The normalized spacial score (nSPS) is 9.91. The summed E-state index contributed by atoms with van der Waals surface area (Å²) >= 11 is 4.95. The molecule has 0 saturated carbocycles. The molecule has 674 valence electrons. The molecule has 0 fully saturated rings. The van der Waals surface area contributed by atoms with Crippen LogP contribution in [0.4, 0.5) is 64.7 Å². The van der Waals surface area contributed by atoms with E-state index >= 15 is 0 Å². The number of rotatable bonds is 23. The van der Waals surface area contributed by atoms with Crippen LogP contribution in [0.25, 0.3) is 0 Å². The average Bonchev–Trinajstić information content (AvgIpc) is 0.850. The zero-order chi connectivity index (χ0) is 93.5. The van der Waals surface area contributed by atoms with Crippen molar-refractivity contribution in [2.45, 2.75) is 71.1 Å². The highest BCUT2D eigenvalue weighted by Crippen LogP contribution is 2.21. The number of hydrogen-bond acceptors (Lipinski definition) is 25. The Balaban J connectivity index is 0.000000317. The number of carbonyl (C=O) groups excluding carboxylic acids is 5. The zero-order valence-corrected chi connectivity index (χ0v) is 72.3. The molecule has 0 unspecified atom stereocenters. The van der Waals surface area contributed by atoms with Gasteiger partial charge in [-0.05, 0) is 192 Å². The number of non-ortho nitro benzene ring substituents is 3. The summed E-state index contributed by atoms with van der Waals surface area (Å²) in [6.07, 6.45) is 13.6. The number of para-hydroxylation sites is 2. The predicted molar refractivity (Wildman–Crippen MR) is 500 cm³/mol. The first-order valence-corrected chi connectivity index (χ1v) is 42.7. The zero-order valence-electron chi connectivity index (χ0n) is 69.2. The van der Waals surface area contributed by atoms with E-state index in [9.17, 15) is 71.2 Å². The molecule has 9 aromatic carbocycles. The number of halogens is 2. The molecule has 0 aliphatic rings. The minimum absolute atomic E-state index is 0. The number of nitro groups is 3. The highest BCUT2D eigenvalue weighted by molar-refractivity contribution is 8.13. The molecule has 0 atom stereocenters. The average molecular weight is 1840 g/mol. The van der Waals surface area contributed by atoms with Crippen LogP contribution < -0.4 is 58.6 Å². The van der Waals surface area contributed by atoms with Crippen LogP contribution in [-0.4, -0.2) is 93.2 Å². The topological polar surface area (TPSA) is 524 Å². The van der Waals surface area contributed by atoms with Crippen molar-refractivity contribution in [2.75, 3.05) is 34.5 Å². The summed E-state index contributed by atoms with van der Waals surface area (Å²) in [5, 5.41) is 54.3. The second-order valence-electron chi connectivity index (χ2n) is 26.2. The standard InChI is InChI=1S/C22H23N3O3S.C14H11NO4.C13H12N4O3.C13H14N4O.C8H9ClO2S.C7H5ClO2.C6H6N2O2.C6H8N2.CH4O.CH4/c1-17-2-4-19(5-3-17)15-29(27,28)16-20-6-8-21(9-7-20)25-22(26)24-14-18-10-12-23-13-11-18;16-14(19-13-4-2-1-3-5-13)10-11-6-8-12(9-7-11)15(17)18;18-13(15-9-10-5-7-14-8-6-10)16-11-1-3-12(4-2-11)17(19)20;14-11-1-3-12(4-2-11)17-13(18)16-9-10-5-7-15-8-6-10;1-7-2-4-8(5-3-7)6-12(9,10)11;8-7(9)10-6-4-2-1-3-5-6;7-5-1-3-6(4-2-5)8(9)10;7-5-6-1-3-8-4-2-6;1-2;/h2-13H,14-16H2,1H3,(H2,24,25,26);1-9H,10H2;1-8H,9H2,(H2,15,16,18);1-8H,9,14H2,(H2,16,17,18);2-5H,6H2,1H3;1-5H;1-4H,7H2;1-4H,5,7H2;2H,1H3;1H4. The maximum absolute atomic E-state index is 12.5. The molecular weight excluding hydrogens is 1740 g/mol. The summed E-state index contributed by atoms with van der Waals surface area (Å²) in [4.78, 5) is 102. The number of aromatic nitrogens is 4. The molecule has 13 N–H and O–H groups in total. The molecule has 0 aliphatic carbocycles. The number of amides is 6. The Hall–Kier alpha value is -15.5. The van der Waals surface area contributed by atoms with Crippen LogP contribution in [0.1, 0.15) is 63.1 Å². The number of hydrogen-bond donors (Lipinski definition) is 10. The third-order valence-electron chi connectivity index (χ3n) is 16.2. The van der Waals surface area contributed by atoms with Crippen LogP contribution in [0, 0.1) is 44.2 Å². The SMILES string of the molecule is C.CO.Cc1ccc(CS(=O)(=O)Cc2ccc(NC(=O)NCc3ccncc3)cc2)cc1.Cc1ccc(CS(=O)(=O)Cl)cc1.NCc1ccncc1.Nc1ccc(NC(=O)NCc2ccncc2)cc1.Nc1ccc([N+](=O)[O-])cc1.O=C(Cc1ccc([N+](=O)[O-])cc1)Oc1ccccc1.O=C(Cl)Oc1ccccc1.O=C(NCc1ccncc1)Nc1ccc([N+](=O)[O-])cc1. The van der Waals surface area contributed by atoms with E-state index in [2.05, 4.69) is 56.6 Å². The van der Waals surface area contributed by atoms with Crippen molar-refractivity contribution in [3.8, 4) is 11.5 Å². The molecule has 0 bridgehead atoms. The van der Waals surface area contributed by atoms with Gasteiger partial charge < -0.3 is 63.7 Å². The van der Waals surface area contributed by atoms with Gasteiger partial charge in [0.25, 0.3) is 17.1 Å². The number of pyridine rings is 4. The largest absolute Gasteiger partial charge is 0.426 e. The fourth-order valence-electron chi connectivity index (χ4n) is 9.87. The molecule has 13 rings (SSSR count). The van der Waals surface area contributed by atoms with Crippen LogP contribution >= 0.6 is 22.3 Å². The van der Waals surface area contributed by atoms with Gasteiger partial charge in [0.05, 0.1) is 38.4 Å². The lowest BCUT2D eigenvalue weighted by Crippen LogP contribution is -2.28. The molecule has 0 radical (unpaired) electrons. The lowest BCUT2D eigenvalue weighted by Gasteiger charge is -2.09. The number of esters is 1. The Morgan fingerprint density at radius 2 is 0.651 bits per heavy atom. The number of ether oxygens (including phenoxy) is 2. The summed E-state index contributed by atoms with van der Waals surface area (Å²) in [6.45, 7) is 5.74. The Morgan fingerprint density at radius 1 is 0.380 bits per heavy atom. The Bertz CT molecular complexity index is 5770. The van der Waals surface area contributed by atoms with Crippen LogP contribution in [0.3, 0.4) is 0 Å². The number of nitrogens with zero attached hydrogens (tertiary/aromatic N) is 7. The predicted octanol–water partition coefficient (Wildman–Crippen LogP) is 17.3. The van der Waals surface area contributed by atoms with E-state index in [4.69, 9.17) is 49.3 Å². The van der Waals surface area contributed by atoms with Gasteiger partial charge in [0.1, 0.15) is 11.5 Å². The van der Waals surface area contributed by atoms with Gasteiger partial charge in [-0.15, -0.1) is 0 Å². The number of sulfone groups is 1. The molecule has 0 saturated heterocycles. The number of nitrogens with one attached hydrogen (secondary N) is 6. The van der Waals surface area contributed by atoms with Gasteiger partial charge >= 0.3 is 29.5 Å². The van der Waals surface area contributed by atoms with Crippen molar-refractivity contribution in [2.24, 2.45) is 5.73 Å². The highest BCUT2D eigenvalue weighted by atomic mass is 35.7. The number of aliphatic hydroxyl groups is 1. The van der Waals surface area contributed by atoms with Crippen molar-refractivity contribution in [3.63, 3.8) is 0 Å². The Kier molecular flexibility index (Phi) is 48.1. The van der Waals surface area contributed by atoms with Gasteiger partial charge in [0.15, 0.2) is 9.84 Å². The first-order chi connectivity index (χ1) is 61.3. The molecule has 0 aliphatic heterocycles. The second kappa shape index (κ2) is 58.6. The summed E-state index contributed by atoms with van der Waals surface area (Å²) in [5.41, 5.74) is 27.4. The van der Waals surface area contributed by atoms with E-state index in [1.54, 1.807) is 183 Å². The number of anilines is 5. The van der Waals surface area contributed by atoms with Crippen LogP contribution in [0.2, 0.25) is 0 Å². The summed E-state index contributed by atoms with van der Waals surface area (Å²) < 4.78 is 55.9. The first kappa shape index (κ1) is 106. The van der Waals surface area contributed by atoms with Crippen molar-refractivity contribution < 1.29 is 70.2 Å². The van der Waals surface area contributed by atoms with Crippen molar-refractivity contribution in [3.05, 3.63) is 415 Å². The number of nitrogens with two attached hydrogens (primary N) is 3.